The van der Waals surface area contributed by atoms with Crippen LogP contribution in [0.25, 0.3) is 0 Å². The predicted octanol–water partition coefficient (Wildman–Crippen LogP) is -2.32. The molecule has 70 valence electrons. The topological polar surface area (TPSA) is 95.0 Å². The van der Waals surface area contributed by atoms with Crippen LogP contribution in [0.2, 0.25) is 0 Å². The molecule has 0 aliphatic heterocycles. The van der Waals surface area contributed by atoms with Crippen LogP contribution in [-0.4, -0.2) is 15.5 Å². The Morgan fingerprint density at radius 3 is 2.77 bits per heavy atom. The van der Waals surface area contributed by atoms with Crippen molar-refractivity contribution in [2.75, 3.05) is 0 Å². The summed E-state index contributed by atoms with van der Waals surface area (Å²) >= 11 is 0. The number of carboxylic acid groups (broad SMARTS) is 1. The van der Waals surface area contributed by atoms with E-state index in [9.17, 15) is 19.5 Å². The van der Waals surface area contributed by atoms with Crippen molar-refractivity contribution in [3.8, 4) is 0 Å². The van der Waals surface area contributed by atoms with Gasteiger partial charge in [-0.25, -0.2) is 4.79 Å². The Kier molecular flexibility index (Phi) is 2.63. The van der Waals surface area contributed by atoms with E-state index in [0.29, 0.717) is 0 Å². The van der Waals surface area contributed by atoms with Gasteiger partial charge >= 0.3 is 5.69 Å². The Morgan fingerprint density at radius 1 is 1.54 bits per heavy atom. The van der Waals surface area contributed by atoms with Gasteiger partial charge in [-0.1, -0.05) is 0 Å². The summed E-state index contributed by atoms with van der Waals surface area (Å²) in [5.74, 6) is -1.24. The van der Waals surface area contributed by atoms with Crippen LogP contribution < -0.4 is 16.4 Å². The summed E-state index contributed by atoms with van der Waals surface area (Å²) in [6.45, 7) is -0.00204. The minimum atomic E-state index is -1.24. The molecule has 0 radical (unpaired) electrons. The highest BCUT2D eigenvalue weighted by molar-refractivity contribution is 5.63. The zero-order chi connectivity index (χ0) is 9.84. The number of carbonyl (C=O) groups excluding carboxylic acids is 1. The first-order valence-electron chi connectivity index (χ1n) is 3.59. The fraction of sp³-hybridized carbons (Fsp3) is 0.286. The molecule has 6 nitrogen and oxygen atoms in total. The molecular formula is C7H7N2O4-. The van der Waals surface area contributed by atoms with Gasteiger partial charge in [0, 0.05) is 31.2 Å². The largest absolute Gasteiger partial charge is 0.550 e. The van der Waals surface area contributed by atoms with Crippen LogP contribution in [0.5, 0.6) is 0 Å². The van der Waals surface area contributed by atoms with Gasteiger partial charge in [0.15, 0.2) is 0 Å². The summed E-state index contributed by atoms with van der Waals surface area (Å²) in [6, 6.07) is 1.15. The standard InChI is InChI=1S/C7H8N2O4/c10-5-1-3-9(7(13)8-5)4-2-6(11)12/h1,3H,2,4H2,(H,11,12)(H,8,10,13)/p-1. The smallest absolute Gasteiger partial charge is 0.328 e. The average Bonchev–Trinajstić information content (AvgIpc) is 2.02. The van der Waals surface area contributed by atoms with Gasteiger partial charge in [0.1, 0.15) is 0 Å². The molecule has 1 N–H and O–H groups in total. The maximum Gasteiger partial charge on any atom is 0.328 e. The van der Waals surface area contributed by atoms with Crippen LogP contribution in [0.15, 0.2) is 21.9 Å². The third kappa shape index (κ3) is 2.58. The number of hydrogen-bond acceptors (Lipinski definition) is 4. The van der Waals surface area contributed by atoms with Gasteiger partial charge in [0.25, 0.3) is 5.56 Å². The minimum Gasteiger partial charge on any atom is -0.550 e. The number of aromatic amines is 1. The van der Waals surface area contributed by atoms with Crippen LogP contribution in [0, 0.1) is 0 Å². The molecule has 1 aromatic rings. The number of aliphatic carboxylic acids is 1. The molecule has 0 aliphatic rings. The average molecular weight is 183 g/mol. The van der Waals surface area contributed by atoms with E-state index in [0.717, 1.165) is 10.6 Å². The third-order valence-electron chi connectivity index (χ3n) is 1.45. The summed E-state index contributed by atoms with van der Waals surface area (Å²) in [6.07, 6.45) is 0.982. The van der Waals surface area contributed by atoms with Crippen molar-refractivity contribution in [1.29, 1.82) is 0 Å². The van der Waals surface area contributed by atoms with E-state index < -0.39 is 17.2 Å². The van der Waals surface area contributed by atoms with Crippen LogP contribution in [-0.2, 0) is 11.3 Å². The maximum atomic E-state index is 10.9. The Balaban J connectivity index is 2.84. The van der Waals surface area contributed by atoms with E-state index >= 15 is 0 Å². The first kappa shape index (κ1) is 9.24. The fourth-order valence-electron chi connectivity index (χ4n) is 0.832. The molecule has 0 saturated heterocycles. The first-order valence-corrected chi connectivity index (χ1v) is 3.59. The number of aromatic nitrogens is 2. The molecule has 6 heteroatoms. The van der Waals surface area contributed by atoms with Crippen LogP contribution in [0.4, 0.5) is 0 Å². The number of nitrogens with zero attached hydrogens (tertiary/aromatic N) is 1. The molecule has 0 fully saturated rings. The Labute approximate surface area is 72.5 Å². The Morgan fingerprint density at radius 2 is 2.23 bits per heavy atom. The first-order chi connectivity index (χ1) is 6.09. The zero-order valence-electron chi connectivity index (χ0n) is 6.65. The van der Waals surface area contributed by atoms with Gasteiger partial charge in [-0.05, 0) is 0 Å². The van der Waals surface area contributed by atoms with Gasteiger partial charge in [-0.2, -0.15) is 0 Å². The second-order valence-electron chi connectivity index (χ2n) is 2.43. The molecule has 0 amide bonds. The highest BCUT2D eigenvalue weighted by Crippen LogP contribution is 1.81. The maximum absolute atomic E-state index is 10.9. The molecule has 0 aromatic carbocycles. The van der Waals surface area contributed by atoms with Crippen molar-refractivity contribution in [3.63, 3.8) is 0 Å². The van der Waals surface area contributed by atoms with Crippen LogP contribution >= 0.6 is 0 Å². The van der Waals surface area contributed by atoms with Gasteiger partial charge in [0.2, 0.25) is 0 Å². The van der Waals surface area contributed by atoms with Crippen molar-refractivity contribution >= 4 is 5.97 Å². The van der Waals surface area contributed by atoms with E-state index in [1.807, 2.05) is 4.98 Å². The molecule has 0 unspecified atom stereocenters. The van der Waals surface area contributed by atoms with Gasteiger partial charge < -0.3 is 14.5 Å². The normalized spacial score (nSPS) is 9.85. The van der Waals surface area contributed by atoms with E-state index in [2.05, 4.69) is 0 Å². The lowest BCUT2D eigenvalue weighted by Crippen LogP contribution is -2.31. The molecule has 1 heterocycles. The molecule has 0 bridgehead atoms. The highest BCUT2D eigenvalue weighted by atomic mass is 16.4. The number of nitrogens with one attached hydrogen (secondary N) is 1. The lowest BCUT2D eigenvalue weighted by atomic mass is 10.4. The number of H-pyrrole nitrogens is 1. The van der Waals surface area contributed by atoms with Crippen molar-refractivity contribution in [2.45, 2.75) is 13.0 Å². The highest BCUT2D eigenvalue weighted by Gasteiger charge is 1.95. The summed E-state index contributed by atoms with van der Waals surface area (Å²) in [7, 11) is 0. The van der Waals surface area contributed by atoms with Gasteiger partial charge in [0.05, 0.1) is 0 Å². The number of rotatable bonds is 3. The van der Waals surface area contributed by atoms with E-state index in [1.165, 1.54) is 6.20 Å². The van der Waals surface area contributed by atoms with Crippen molar-refractivity contribution in [2.24, 2.45) is 0 Å². The number of carbonyl (C=O) groups is 1. The second kappa shape index (κ2) is 3.70. The summed E-state index contributed by atoms with van der Waals surface area (Å²) in [4.78, 5) is 33.6. The molecule has 1 aromatic heterocycles. The summed E-state index contributed by atoms with van der Waals surface area (Å²) in [5, 5.41) is 10.1. The Hall–Kier alpha value is -1.85. The van der Waals surface area contributed by atoms with E-state index in [4.69, 9.17) is 0 Å². The molecule has 13 heavy (non-hydrogen) atoms. The molecule has 0 spiro atoms. The lowest BCUT2D eigenvalue weighted by molar-refractivity contribution is -0.305. The van der Waals surface area contributed by atoms with Gasteiger partial charge in [-0.15, -0.1) is 0 Å². The fourth-order valence-corrected chi connectivity index (χ4v) is 0.832. The molecule has 1 rings (SSSR count). The van der Waals surface area contributed by atoms with Crippen LogP contribution in [0.1, 0.15) is 6.42 Å². The monoisotopic (exact) mass is 183 g/mol. The molecule has 0 aliphatic carbocycles. The van der Waals surface area contributed by atoms with E-state index in [1.54, 1.807) is 0 Å². The molecular weight excluding hydrogens is 176 g/mol. The van der Waals surface area contributed by atoms with Crippen molar-refractivity contribution in [3.05, 3.63) is 33.1 Å². The molecule has 0 saturated carbocycles. The minimum absolute atomic E-state index is 0.00204. The van der Waals surface area contributed by atoms with Crippen LogP contribution in [0.3, 0.4) is 0 Å². The molecule has 0 atom stereocenters. The quantitative estimate of drug-likeness (QED) is 0.568. The number of carboxylic acids is 1. The van der Waals surface area contributed by atoms with Crippen molar-refractivity contribution in [1.82, 2.24) is 9.55 Å². The van der Waals surface area contributed by atoms with E-state index in [-0.39, 0.29) is 13.0 Å². The number of aryl methyl sites for hydroxylation is 1. The third-order valence-corrected chi connectivity index (χ3v) is 1.45. The SMILES string of the molecule is O=C([O-])CCn1ccc(=O)[nH]c1=O. The Bertz CT molecular complexity index is 417. The summed E-state index contributed by atoms with van der Waals surface area (Å²) in [5.41, 5.74) is -1.12. The second-order valence-corrected chi connectivity index (χ2v) is 2.43. The predicted molar refractivity (Wildman–Crippen MR) is 40.9 cm³/mol. The number of hydrogen-bond donors (Lipinski definition) is 1. The lowest BCUT2D eigenvalue weighted by Gasteiger charge is -2.03. The summed E-state index contributed by atoms with van der Waals surface area (Å²) < 4.78 is 1.09. The van der Waals surface area contributed by atoms with Crippen molar-refractivity contribution < 1.29 is 9.90 Å². The zero-order valence-corrected chi connectivity index (χ0v) is 6.65. The van der Waals surface area contributed by atoms with Gasteiger partial charge in [-0.3, -0.25) is 9.78 Å².